The molecule has 21 heavy (non-hydrogen) atoms. The van der Waals surface area contributed by atoms with Crippen LogP contribution in [0.15, 0.2) is 17.0 Å². The Balaban J connectivity index is 2.35. The number of halogens is 1. The van der Waals surface area contributed by atoms with Gasteiger partial charge >= 0.3 is 0 Å². The van der Waals surface area contributed by atoms with Crippen LogP contribution in [-0.4, -0.2) is 31.9 Å². The van der Waals surface area contributed by atoms with Gasteiger partial charge in [0.1, 0.15) is 5.82 Å². The average molecular weight is 314 g/mol. The number of hydrogen-bond acceptors (Lipinski definition) is 3. The van der Waals surface area contributed by atoms with E-state index in [0.717, 1.165) is 12.8 Å². The third-order valence-corrected chi connectivity index (χ3v) is 5.63. The SMILES string of the molecule is Cc1cc(S(=O)(=O)N(C)C2CC2)cc(CNC(C)C)c1F. The summed E-state index contributed by atoms with van der Waals surface area (Å²) in [4.78, 5) is 0.177. The minimum absolute atomic E-state index is 0.0950. The maximum atomic E-state index is 14.1. The van der Waals surface area contributed by atoms with Crippen molar-refractivity contribution in [2.45, 2.75) is 57.1 Å². The minimum atomic E-state index is -3.54. The highest BCUT2D eigenvalue weighted by Gasteiger charge is 2.35. The summed E-state index contributed by atoms with van der Waals surface area (Å²) in [6, 6.07) is 3.17. The maximum Gasteiger partial charge on any atom is 0.243 e. The highest BCUT2D eigenvalue weighted by atomic mass is 32.2. The zero-order chi connectivity index (χ0) is 15.8. The van der Waals surface area contributed by atoms with Crippen molar-refractivity contribution < 1.29 is 12.8 Å². The van der Waals surface area contributed by atoms with Crippen LogP contribution in [0.3, 0.4) is 0 Å². The highest BCUT2D eigenvalue weighted by molar-refractivity contribution is 7.89. The molecule has 2 rings (SSSR count). The molecule has 1 aliphatic rings. The molecule has 6 heteroatoms. The van der Waals surface area contributed by atoms with Crippen LogP contribution in [0.4, 0.5) is 4.39 Å². The Kier molecular flexibility index (Phi) is 4.70. The molecule has 1 aromatic carbocycles. The quantitative estimate of drug-likeness (QED) is 0.877. The Hall–Kier alpha value is -0.980. The second-order valence-electron chi connectivity index (χ2n) is 6.00. The molecule has 1 fully saturated rings. The lowest BCUT2D eigenvalue weighted by molar-refractivity contribution is 0.463. The largest absolute Gasteiger partial charge is 0.310 e. The number of benzene rings is 1. The first kappa shape index (κ1) is 16.4. The molecule has 0 heterocycles. The van der Waals surface area contributed by atoms with Gasteiger partial charge in [-0.2, -0.15) is 4.31 Å². The van der Waals surface area contributed by atoms with E-state index in [4.69, 9.17) is 0 Å². The monoisotopic (exact) mass is 314 g/mol. The summed E-state index contributed by atoms with van der Waals surface area (Å²) in [7, 11) is -1.94. The fourth-order valence-electron chi connectivity index (χ4n) is 2.20. The molecular formula is C15H23FN2O2S. The van der Waals surface area contributed by atoms with Crippen LogP contribution in [0.2, 0.25) is 0 Å². The van der Waals surface area contributed by atoms with Crippen LogP contribution >= 0.6 is 0 Å². The van der Waals surface area contributed by atoms with Gasteiger partial charge in [0.25, 0.3) is 0 Å². The van der Waals surface area contributed by atoms with E-state index < -0.39 is 10.0 Å². The maximum absolute atomic E-state index is 14.1. The van der Waals surface area contributed by atoms with Gasteiger partial charge in [-0.15, -0.1) is 0 Å². The molecule has 0 atom stereocenters. The van der Waals surface area contributed by atoms with Crippen LogP contribution < -0.4 is 5.32 Å². The van der Waals surface area contributed by atoms with Crippen LogP contribution in [0.5, 0.6) is 0 Å². The summed E-state index contributed by atoms with van der Waals surface area (Å²) in [6.45, 7) is 5.85. The smallest absolute Gasteiger partial charge is 0.243 e. The van der Waals surface area contributed by atoms with Gasteiger partial charge in [-0.1, -0.05) is 13.8 Å². The van der Waals surface area contributed by atoms with E-state index in [2.05, 4.69) is 5.32 Å². The van der Waals surface area contributed by atoms with E-state index in [9.17, 15) is 12.8 Å². The number of aryl methyl sites for hydroxylation is 1. The molecule has 0 aliphatic heterocycles. The van der Waals surface area contributed by atoms with Gasteiger partial charge in [0.15, 0.2) is 0 Å². The van der Waals surface area contributed by atoms with Crippen molar-refractivity contribution in [3.63, 3.8) is 0 Å². The van der Waals surface area contributed by atoms with E-state index in [0.29, 0.717) is 17.7 Å². The first-order valence-electron chi connectivity index (χ1n) is 7.24. The first-order valence-corrected chi connectivity index (χ1v) is 8.68. The Morgan fingerprint density at radius 2 is 2.00 bits per heavy atom. The van der Waals surface area contributed by atoms with Gasteiger partial charge in [-0.05, 0) is 37.5 Å². The number of rotatable bonds is 6. The van der Waals surface area contributed by atoms with E-state index in [1.54, 1.807) is 14.0 Å². The molecule has 4 nitrogen and oxygen atoms in total. The lowest BCUT2D eigenvalue weighted by Gasteiger charge is -2.18. The zero-order valence-corrected chi connectivity index (χ0v) is 13.8. The van der Waals surface area contributed by atoms with Gasteiger partial charge in [-0.3, -0.25) is 0 Å². The van der Waals surface area contributed by atoms with Crippen molar-refractivity contribution >= 4 is 10.0 Å². The molecule has 0 radical (unpaired) electrons. The molecule has 1 saturated carbocycles. The van der Waals surface area contributed by atoms with E-state index in [1.165, 1.54) is 16.4 Å². The van der Waals surface area contributed by atoms with Gasteiger partial charge in [0.05, 0.1) is 4.90 Å². The predicted molar refractivity (Wildman–Crippen MR) is 81.1 cm³/mol. The third-order valence-electron chi connectivity index (χ3n) is 3.74. The third kappa shape index (κ3) is 3.62. The Labute approximate surface area is 126 Å². The lowest BCUT2D eigenvalue weighted by Crippen LogP contribution is -2.29. The summed E-state index contributed by atoms with van der Waals surface area (Å²) in [6.07, 6.45) is 1.80. The summed E-state index contributed by atoms with van der Waals surface area (Å²) >= 11 is 0. The minimum Gasteiger partial charge on any atom is -0.310 e. The molecule has 1 aliphatic carbocycles. The molecule has 0 spiro atoms. The molecule has 0 saturated heterocycles. The number of sulfonamides is 1. The molecule has 0 bridgehead atoms. The molecule has 0 aromatic heterocycles. The Morgan fingerprint density at radius 3 is 2.52 bits per heavy atom. The fraction of sp³-hybridized carbons (Fsp3) is 0.600. The summed E-state index contributed by atoms with van der Waals surface area (Å²) in [5.41, 5.74) is 0.757. The van der Waals surface area contributed by atoms with Gasteiger partial charge in [0.2, 0.25) is 10.0 Å². The number of nitrogens with one attached hydrogen (secondary N) is 1. The summed E-state index contributed by atoms with van der Waals surface area (Å²) in [5.74, 6) is -0.337. The zero-order valence-electron chi connectivity index (χ0n) is 13.0. The van der Waals surface area contributed by atoms with E-state index >= 15 is 0 Å². The summed E-state index contributed by atoms with van der Waals surface area (Å²) < 4.78 is 40.6. The summed E-state index contributed by atoms with van der Waals surface area (Å²) in [5, 5.41) is 3.12. The molecular weight excluding hydrogens is 291 g/mol. The van der Waals surface area contributed by atoms with Crippen molar-refractivity contribution in [3.05, 3.63) is 29.1 Å². The Bertz CT molecular complexity index is 625. The van der Waals surface area contributed by atoms with Crippen molar-refractivity contribution in [2.24, 2.45) is 0 Å². The van der Waals surface area contributed by atoms with Gasteiger partial charge in [0, 0.05) is 31.2 Å². The topological polar surface area (TPSA) is 49.4 Å². The van der Waals surface area contributed by atoms with Crippen LogP contribution in [-0.2, 0) is 16.6 Å². The molecule has 1 N–H and O–H groups in total. The Morgan fingerprint density at radius 1 is 1.38 bits per heavy atom. The van der Waals surface area contributed by atoms with Crippen LogP contribution in [0.1, 0.15) is 37.8 Å². The highest BCUT2D eigenvalue weighted by Crippen LogP contribution is 2.31. The van der Waals surface area contributed by atoms with E-state index in [1.807, 2.05) is 13.8 Å². The predicted octanol–water partition coefficient (Wildman–Crippen LogP) is 2.42. The van der Waals surface area contributed by atoms with Gasteiger partial charge < -0.3 is 5.32 Å². The lowest BCUT2D eigenvalue weighted by atomic mass is 10.1. The van der Waals surface area contributed by atoms with Gasteiger partial charge in [-0.25, -0.2) is 12.8 Å². The van der Waals surface area contributed by atoms with E-state index in [-0.39, 0.29) is 22.8 Å². The normalized spacial score (nSPS) is 16.0. The number of nitrogens with zero attached hydrogens (tertiary/aromatic N) is 1. The standard InChI is InChI=1S/C15H23FN2O2S/c1-10(2)17-9-12-8-14(7-11(3)15(12)16)21(19,20)18(4)13-5-6-13/h7-8,10,13,17H,5-6,9H2,1-4H3. The van der Waals surface area contributed by atoms with Crippen molar-refractivity contribution in [1.29, 1.82) is 0 Å². The van der Waals surface area contributed by atoms with Crippen molar-refractivity contribution in [3.8, 4) is 0 Å². The second-order valence-corrected chi connectivity index (χ2v) is 8.00. The van der Waals surface area contributed by atoms with Crippen molar-refractivity contribution in [2.75, 3.05) is 7.05 Å². The average Bonchev–Trinajstić information content (AvgIpc) is 3.23. The number of hydrogen-bond donors (Lipinski definition) is 1. The first-order chi connectivity index (χ1) is 9.73. The fourth-order valence-corrected chi connectivity index (χ4v) is 3.75. The molecule has 0 unspecified atom stereocenters. The molecule has 1 aromatic rings. The van der Waals surface area contributed by atoms with Crippen molar-refractivity contribution in [1.82, 2.24) is 9.62 Å². The van der Waals surface area contributed by atoms with Crippen LogP contribution in [0.25, 0.3) is 0 Å². The van der Waals surface area contributed by atoms with Crippen LogP contribution in [0, 0.1) is 12.7 Å². The molecule has 0 amide bonds. The second kappa shape index (κ2) is 6.02. The molecule has 118 valence electrons.